The Kier molecular flexibility index (Phi) is 1.84. The molecule has 2 unspecified atom stereocenters. The van der Waals surface area contributed by atoms with Crippen LogP contribution in [0.25, 0.3) is 0 Å². The molecule has 1 aliphatic rings. The number of alkyl halides is 1. The molecule has 0 aromatic carbocycles. The zero-order valence-electron chi connectivity index (χ0n) is 5.06. The Morgan fingerprint density at radius 2 is 2.50 bits per heavy atom. The lowest BCUT2D eigenvalue weighted by Crippen LogP contribution is -2.16. The average molecular weight is 118 g/mol. The van der Waals surface area contributed by atoms with E-state index in [2.05, 4.69) is 0 Å². The van der Waals surface area contributed by atoms with Crippen molar-refractivity contribution in [1.82, 2.24) is 0 Å². The summed E-state index contributed by atoms with van der Waals surface area (Å²) in [5.74, 6) is 0. The molecule has 1 fully saturated rings. The Labute approximate surface area is 48.8 Å². The summed E-state index contributed by atoms with van der Waals surface area (Å²) in [5, 5.41) is 0. The van der Waals surface area contributed by atoms with Crippen LogP contribution in [-0.2, 0) is 4.74 Å². The van der Waals surface area contributed by atoms with Crippen molar-refractivity contribution in [2.45, 2.75) is 32.0 Å². The van der Waals surface area contributed by atoms with Crippen LogP contribution in [0.4, 0.5) is 4.39 Å². The number of ether oxygens (including phenoxy) is 1. The molecule has 2 atom stereocenters. The van der Waals surface area contributed by atoms with Crippen molar-refractivity contribution in [3.63, 3.8) is 0 Å². The summed E-state index contributed by atoms with van der Waals surface area (Å²) in [4.78, 5) is 0. The van der Waals surface area contributed by atoms with Gasteiger partial charge in [-0.1, -0.05) is 0 Å². The first-order valence-electron chi connectivity index (χ1n) is 3.06. The van der Waals surface area contributed by atoms with Gasteiger partial charge in [-0.2, -0.15) is 0 Å². The molecule has 0 aromatic rings. The third-order valence-electron chi connectivity index (χ3n) is 1.48. The van der Waals surface area contributed by atoms with Crippen LogP contribution in [0.3, 0.4) is 0 Å². The zero-order valence-corrected chi connectivity index (χ0v) is 5.06. The summed E-state index contributed by atoms with van der Waals surface area (Å²) in [7, 11) is 0. The molecule has 0 amide bonds. The van der Waals surface area contributed by atoms with E-state index in [1.807, 2.05) is 0 Å². The highest BCUT2D eigenvalue weighted by molar-refractivity contribution is 4.69. The van der Waals surface area contributed by atoms with Crippen LogP contribution in [0.1, 0.15) is 19.8 Å². The Morgan fingerprint density at radius 3 is 2.75 bits per heavy atom. The zero-order chi connectivity index (χ0) is 5.98. The van der Waals surface area contributed by atoms with Gasteiger partial charge in [0.1, 0.15) is 6.17 Å². The van der Waals surface area contributed by atoms with Gasteiger partial charge in [0, 0.05) is 6.61 Å². The highest BCUT2D eigenvalue weighted by Gasteiger charge is 2.21. The first kappa shape index (κ1) is 6.02. The van der Waals surface area contributed by atoms with E-state index in [0.29, 0.717) is 0 Å². The van der Waals surface area contributed by atoms with Crippen LogP contribution in [-0.4, -0.2) is 18.9 Å². The van der Waals surface area contributed by atoms with E-state index < -0.39 is 6.17 Å². The average Bonchev–Trinajstić information content (AvgIpc) is 2.12. The molecule has 48 valence electrons. The highest BCUT2D eigenvalue weighted by Crippen LogP contribution is 2.16. The minimum Gasteiger partial charge on any atom is -0.375 e. The van der Waals surface area contributed by atoms with Crippen molar-refractivity contribution in [1.29, 1.82) is 0 Å². The van der Waals surface area contributed by atoms with Gasteiger partial charge < -0.3 is 4.74 Å². The van der Waals surface area contributed by atoms with Crippen LogP contribution >= 0.6 is 0 Å². The number of rotatable bonds is 1. The maximum Gasteiger partial charge on any atom is 0.123 e. The minimum atomic E-state index is -0.780. The highest BCUT2D eigenvalue weighted by atomic mass is 19.1. The van der Waals surface area contributed by atoms with Gasteiger partial charge in [-0.15, -0.1) is 0 Å². The lowest BCUT2D eigenvalue weighted by atomic mass is 10.2. The monoisotopic (exact) mass is 118 g/mol. The van der Waals surface area contributed by atoms with Crippen molar-refractivity contribution in [2.24, 2.45) is 0 Å². The Bertz CT molecular complexity index is 66.9. The second-order valence-corrected chi connectivity index (χ2v) is 2.23. The predicted octanol–water partition coefficient (Wildman–Crippen LogP) is 1.52. The molecule has 0 saturated carbocycles. The third kappa shape index (κ3) is 1.19. The molecule has 0 spiro atoms. The van der Waals surface area contributed by atoms with Gasteiger partial charge in [-0.05, 0) is 19.8 Å². The van der Waals surface area contributed by atoms with E-state index in [9.17, 15) is 4.39 Å². The lowest BCUT2D eigenvalue weighted by Gasteiger charge is -2.08. The van der Waals surface area contributed by atoms with E-state index in [1.165, 1.54) is 0 Å². The molecule has 0 aliphatic carbocycles. The van der Waals surface area contributed by atoms with Crippen molar-refractivity contribution < 1.29 is 9.13 Å². The van der Waals surface area contributed by atoms with E-state index in [0.717, 1.165) is 19.4 Å². The lowest BCUT2D eigenvalue weighted by molar-refractivity contribution is 0.0511. The summed E-state index contributed by atoms with van der Waals surface area (Å²) in [6.07, 6.45) is 1.05. The minimum absolute atomic E-state index is 0.102. The summed E-state index contributed by atoms with van der Waals surface area (Å²) in [5.41, 5.74) is 0. The van der Waals surface area contributed by atoms with Crippen LogP contribution < -0.4 is 0 Å². The molecule has 0 N–H and O–H groups in total. The van der Waals surface area contributed by atoms with Gasteiger partial charge in [0.15, 0.2) is 0 Å². The maximum atomic E-state index is 12.3. The smallest absolute Gasteiger partial charge is 0.123 e. The Balaban J connectivity index is 2.24. The topological polar surface area (TPSA) is 9.23 Å². The normalized spacial score (nSPS) is 33.0. The van der Waals surface area contributed by atoms with Crippen molar-refractivity contribution in [2.75, 3.05) is 6.61 Å². The molecule has 0 bridgehead atoms. The first-order chi connectivity index (χ1) is 3.80. The third-order valence-corrected chi connectivity index (χ3v) is 1.48. The van der Waals surface area contributed by atoms with E-state index in [-0.39, 0.29) is 6.10 Å². The molecule has 0 aromatic heterocycles. The van der Waals surface area contributed by atoms with Crippen LogP contribution in [0, 0.1) is 0 Å². The van der Waals surface area contributed by atoms with Gasteiger partial charge in [0.25, 0.3) is 0 Å². The molecule has 1 heterocycles. The number of halogens is 1. The second-order valence-electron chi connectivity index (χ2n) is 2.23. The fraction of sp³-hybridized carbons (Fsp3) is 1.00. The standard InChI is InChI=1S/C6H11FO/c1-5(7)6-3-2-4-8-6/h5-6H,2-4H2,1H3. The van der Waals surface area contributed by atoms with Crippen molar-refractivity contribution >= 4 is 0 Å². The van der Waals surface area contributed by atoms with Gasteiger partial charge in [-0.3, -0.25) is 0 Å². The maximum absolute atomic E-state index is 12.3. The van der Waals surface area contributed by atoms with Crippen LogP contribution in [0.15, 0.2) is 0 Å². The summed E-state index contributed by atoms with van der Waals surface area (Å²) in [6, 6.07) is 0. The molecule has 1 rings (SSSR count). The second kappa shape index (κ2) is 2.44. The summed E-state index contributed by atoms with van der Waals surface area (Å²) < 4.78 is 17.3. The number of hydrogen-bond acceptors (Lipinski definition) is 1. The molecule has 1 aliphatic heterocycles. The van der Waals surface area contributed by atoms with Gasteiger partial charge in [0.05, 0.1) is 6.10 Å². The Hall–Kier alpha value is -0.110. The van der Waals surface area contributed by atoms with Crippen LogP contribution in [0.5, 0.6) is 0 Å². The summed E-state index contributed by atoms with van der Waals surface area (Å²) >= 11 is 0. The predicted molar refractivity (Wildman–Crippen MR) is 29.5 cm³/mol. The van der Waals surface area contributed by atoms with Gasteiger partial charge in [0.2, 0.25) is 0 Å². The van der Waals surface area contributed by atoms with E-state index in [1.54, 1.807) is 6.92 Å². The molecular formula is C6H11FO. The molecule has 8 heavy (non-hydrogen) atoms. The quantitative estimate of drug-likeness (QED) is 0.507. The van der Waals surface area contributed by atoms with Crippen molar-refractivity contribution in [3.8, 4) is 0 Å². The summed E-state index contributed by atoms with van der Waals surface area (Å²) in [6.45, 7) is 2.30. The molecule has 0 radical (unpaired) electrons. The first-order valence-corrected chi connectivity index (χ1v) is 3.06. The van der Waals surface area contributed by atoms with Gasteiger partial charge >= 0.3 is 0 Å². The largest absolute Gasteiger partial charge is 0.375 e. The molecule has 1 saturated heterocycles. The van der Waals surface area contributed by atoms with Gasteiger partial charge in [-0.25, -0.2) is 4.39 Å². The Morgan fingerprint density at radius 1 is 1.75 bits per heavy atom. The van der Waals surface area contributed by atoms with Crippen LogP contribution in [0.2, 0.25) is 0 Å². The molecule has 1 nitrogen and oxygen atoms in total. The van der Waals surface area contributed by atoms with E-state index in [4.69, 9.17) is 4.74 Å². The fourth-order valence-electron chi connectivity index (χ4n) is 0.965. The SMILES string of the molecule is CC(F)C1CCCO1. The fourth-order valence-corrected chi connectivity index (χ4v) is 0.965. The van der Waals surface area contributed by atoms with E-state index >= 15 is 0 Å². The molecule has 2 heteroatoms. The number of hydrogen-bond donors (Lipinski definition) is 0. The van der Waals surface area contributed by atoms with Crippen molar-refractivity contribution in [3.05, 3.63) is 0 Å². The molecular weight excluding hydrogens is 107 g/mol.